The van der Waals surface area contributed by atoms with Crippen molar-refractivity contribution in [1.82, 2.24) is 0 Å². The number of benzene rings is 2. The zero-order chi connectivity index (χ0) is 14.4. The topological polar surface area (TPSA) is 38.3 Å². The van der Waals surface area contributed by atoms with Gasteiger partial charge in [-0.1, -0.05) is 43.3 Å². The molecule has 0 radical (unpaired) electrons. The number of carbonyl (C=O) groups excluding carboxylic acids is 1. The summed E-state index contributed by atoms with van der Waals surface area (Å²) in [5.74, 6) is 0.629. The fourth-order valence-electron chi connectivity index (χ4n) is 1.91. The average molecular weight is 269 g/mol. The van der Waals surface area contributed by atoms with Crippen molar-refractivity contribution in [3.8, 4) is 5.75 Å². The van der Waals surface area contributed by atoms with E-state index < -0.39 is 6.10 Å². The first-order chi connectivity index (χ1) is 9.70. The van der Waals surface area contributed by atoms with E-state index in [2.05, 4.69) is 5.32 Å². The summed E-state index contributed by atoms with van der Waals surface area (Å²) in [6.07, 6.45) is 0.129. The van der Waals surface area contributed by atoms with Gasteiger partial charge in [-0.15, -0.1) is 0 Å². The maximum atomic E-state index is 12.2. The lowest BCUT2D eigenvalue weighted by atomic mass is 10.2. The molecule has 0 aliphatic carbocycles. The van der Waals surface area contributed by atoms with Crippen LogP contribution in [0.4, 0.5) is 5.69 Å². The van der Waals surface area contributed by atoms with Gasteiger partial charge in [-0.3, -0.25) is 4.79 Å². The number of hydrogen-bond donors (Lipinski definition) is 1. The summed E-state index contributed by atoms with van der Waals surface area (Å²) in [5, 5.41) is 2.87. The number of amides is 1. The second-order valence-corrected chi connectivity index (χ2v) is 4.64. The average Bonchev–Trinajstić information content (AvgIpc) is 2.47. The maximum Gasteiger partial charge on any atom is 0.265 e. The van der Waals surface area contributed by atoms with E-state index >= 15 is 0 Å². The third-order valence-corrected chi connectivity index (χ3v) is 3.07. The van der Waals surface area contributed by atoms with Crippen molar-refractivity contribution in [3.63, 3.8) is 0 Å². The Morgan fingerprint density at radius 3 is 2.40 bits per heavy atom. The smallest absolute Gasteiger partial charge is 0.265 e. The minimum Gasteiger partial charge on any atom is -0.480 e. The SMILES string of the molecule is CC[C@H](Oc1ccccc1C)C(=O)Nc1ccccc1. The highest BCUT2D eigenvalue weighted by Gasteiger charge is 2.19. The summed E-state index contributed by atoms with van der Waals surface area (Å²) in [4.78, 5) is 12.2. The molecular weight excluding hydrogens is 250 g/mol. The number of ether oxygens (including phenoxy) is 1. The van der Waals surface area contributed by atoms with Gasteiger partial charge < -0.3 is 10.1 Å². The fraction of sp³-hybridized carbons (Fsp3) is 0.235. The molecule has 2 aromatic carbocycles. The Bertz CT molecular complexity index is 566. The Hall–Kier alpha value is -2.29. The molecule has 1 atom stereocenters. The minimum atomic E-state index is -0.490. The molecule has 0 spiro atoms. The highest BCUT2D eigenvalue weighted by atomic mass is 16.5. The van der Waals surface area contributed by atoms with E-state index in [0.29, 0.717) is 6.42 Å². The molecule has 0 aliphatic rings. The van der Waals surface area contributed by atoms with Crippen LogP contribution in [0.1, 0.15) is 18.9 Å². The van der Waals surface area contributed by atoms with E-state index in [1.54, 1.807) is 0 Å². The van der Waals surface area contributed by atoms with E-state index in [0.717, 1.165) is 17.0 Å². The van der Waals surface area contributed by atoms with Crippen LogP contribution in [0.3, 0.4) is 0 Å². The molecule has 0 saturated heterocycles. The Morgan fingerprint density at radius 2 is 1.75 bits per heavy atom. The standard InChI is InChI=1S/C17H19NO2/c1-3-15(20-16-12-8-7-9-13(16)2)17(19)18-14-10-5-4-6-11-14/h4-12,15H,3H2,1-2H3,(H,18,19)/t15-/m0/s1. The lowest BCUT2D eigenvalue weighted by molar-refractivity contribution is -0.122. The summed E-state index contributed by atoms with van der Waals surface area (Å²) in [6, 6.07) is 17.1. The Labute approximate surface area is 119 Å². The molecule has 1 N–H and O–H groups in total. The molecule has 3 heteroatoms. The van der Waals surface area contributed by atoms with Gasteiger partial charge in [-0.25, -0.2) is 0 Å². The van der Waals surface area contributed by atoms with Crippen LogP contribution in [0.5, 0.6) is 5.75 Å². The predicted molar refractivity (Wildman–Crippen MR) is 81.0 cm³/mol. The number of nitrogens with one attached hydrogen (secondary N) is 1. The monoisotopic (exact) mass is 269 g/mol. The molecular formula is C17H19NO2. The molecule has 0 aliphatic heterocycles. The van der Waals surface area contributed by atoms with Gasteiger partial charge in [0.25, 0.3) is 5.91 Å². The molecule has 0 fully saturated rings. The van der Waals surface area contributed by atoms with Gasteiger partial charge in [-0.05, 0) is 37.1 Å². The van der Waals surface area contributed by atoms with Crippen molar-refractivity contribution in [2.75, 3.05) is 5.32 Å². The maximum absolute atomic E-state index is 12.2. The molecule has 0 bridgehead atoms. The van der Waals surface area contributed by atoms with Gasteiger partial charge in [0, 0.05) is 5.69 Å². The van der Waals surface area contributed by atoms with Gasteiger partial charge in [0.2, 0.25) is 0 Å². The zero-order valence-electron chi connectivity index (χ0n) is 11.8. The van der Waals surface area contributed by atoms with Gasteiger partial charge in [0.1, 0.15) is 5.75 Å². The van der Waals surface area contributed by atoms with Crippen LogP contribution < -0.4 is 10.1 Å². The lowest BCUT2D eigenvalue weighted by Crippen LogP contribution is -2.32. The van der Waals surface area contributed by atoms with Crippen molar-refractivity contribution < 1.29 is 9.53 Å². The van der Waals surface area contributed by atoms with E-state index in [9.17, 15) is 4.79 Å². The molecule has 0 unspecified atom stereocenters. The Morgan fingerprint density at radius 1 is 1.10 bits per heavy atom. The molecule has 3 nitrogen and oxygen atoms in total. The van der Waals surface area contributed by atoms with Crippen molar-refractivity contribution in [2.24, 2.45) is 0 Å². The van der Waals surface area contributed by atoms with Crippen LogP contribution in [0.2, 0.25) is 0 Å². The van der Waals surface area contributed by atoms with Crippen LogP contribution in [0, 0.1) is 6.92 Å². The first kappa shape index (κ1) is 14.1. The van der Waals surface area contributed by atoms with E-state index in [1.807, 2.05) is 68.4 Å². The Balaban J connectivity index is 2.05. The van der Waals surface area contributed by atoms with Gasteiger partial charge >= 0.3 is 0 Å². The zero-order valence-corrected chi connectivity index (χ0v) is 11.8. The quantitative estimate of drug-likeness (QED) is 0.896. The molecule has 104 valence electrons. The molecule has 0 saturated carbocycles. The molecule has 0 heterocycles. The van der Waals surface area contributed by atoms with E-state index in [4.69, 9.17) is 4.74 Å². The summed E-state index contributed by atoms with van der Waals surface area (Å²) >= 11 is 0. The molecule has 20 heavy (non-hydrogen) atoms. The van der Waals surface area contributed by atoms with Crippen molar-refractivity contribution in [3.05, 3.63) is 60.2 Å². The van der Waals surface area contributed by atoms with Crippen LogP contribution in [-0.2, 0) is 4.79 Å². The van der Waals surface area contributed by atoms with Gasteiger partial charge in [0.05, 0.1) is 0 Å². The normalized spacial score (nSPS) is 11.7. The van der Waals surface area contributed by atoms with Crippen molar-refractivity contribution in [2.45, 2.75) is 26.4 Å². The summed E-state index contributed by atoms with van der Waals surface area (Å²) in [6.45, 7) is 3.91. The minimum absolute atomic E-state index is 0.123. The van der Waals surface area contributed by atoms with Crippen LogP contribution >= 0.6 is 0 Å². The molecule has 0 aromatic heterocycles. The van der Waals surface area contributed by atoms with Gasteiger partial charge in [0.15, 0.2) is 6.10 Å². The second kappa shape index (κ2) is 6.75. The Kier molecular flexibility index (Phi) is 4.77. The van der Waals surface area contributed by atoms with E-state index in [-0.39, 0.29) is 5.91 Å². The third kappa shape index (κ3) is 3.60. The lowest BCUT2D eigenvalue weighted by Gasteiger charge is -2.18. The van der Waals surface area contributed by atoms with Gasteiger partial charge in [-0.2, -0.15) is 0 Å². The predicted octanol–water partition coefficient (Wildman–Crippen LogP) is 3.79. The van der Waals surface area contributed by atoms with Crippen LogP contribution in [-0.4, -0.2) is 12.0 Å². The van der Waals surface area contributed by atoms with Crippen LogP contribution in [0.25, 0.3) is 0 Å². The summed E-state index contributed by atoms with van der Waals surface area (Å²) in [7, 11) is 0. The molecule has 2 aromatic rings. The highest BCUT2D eigenvalue weighted by molar-refractivity contribution is 5.94. The van der Waals surface area contributed by atoms with Crippen LogP contribution in [0.15, 0.2) is 54.6 Å². The highest BCUT2D eigenvalue weighted by Crippen LogP contribution is 2.19. The largest absolute Gasteiger partial charge is 0.480 e. The number of anilines is 1. The number of para-hydroxylation sites is 2. The summed E-state index contributed by atoms with van der Waals surface area (Å²) < 4.78 is 5.82. The van der Waals surface area contributed by atoms with E-state index in [1.165, 1.54) is 0 Å². The number of rotatable bonds is 5. The number of hydrogen-bond acceptors (Lipinski definition) is 2. The fourth-order valence-corrected chi connectivity index (χ4v) is 1.91. The second-order valence-electron chi connectivity index (χ2n) is 4.64. The molecule has 1 amide bonds. The number of carbonyl (C=O) groups is 1. The third-order valence-electron chi connectivity index (χ3n) is 3.07. The first-order valence-corrected chi connectivity index (χ1v) is 6.79. The molecule has 2 rings (SSSR count). The number of aryl methyl sites for hydroxylation is 1. The van der Waals surface area contributed by atoms with Crippen molar-refractivity contribution in [1.29, 1.82) is 0 Å². The van der Waals surface area contributed by atoms with Crippen molar-refractivity contribution >= 4 is 11.6 Å². The summed E-state index contributed by atoms with van der Waals surface area (Å²) in [5.41, 5.74) is 1.81. The first-order valence-electron chi connectivity index (χ1n) is 6.79.